The molecule has 3 rings (SSSR count). The van der Waals surface area contributed by atoms with Gasteiger partial charge in [0.1, 0.15) is 17.5 Å². The number of nitro benzene ring substituents is 1. The largest absolute Gasteiger partial charge is 0.319 e. The van der Waals surface area contributed by atoms with Crippen molar-refractivity contribution in [2.75, 3.05) is 24.2 Å². The molecule has 0 bridgehead atoms. The normalized spacial score (nSPS) is 11.6. The molecule has 0 aliphatic carbocycles. The predicted molar refractivity (Wildman–Crippen MR) is 126 cm³/mol. The van der Waals surface area contributed by atoms with E-state index in [0.29, 0.717) is 16.9 Å². The summed E-state index contributed by atoms with van der Waals surface area (Å²) in [5.41, 5.74) is 2.22. The Morgan fingerprint density at radius 3 is 2.36 bits per heavy atom. The van der Waals surface area contributed by atoms with Crippen molar-refractivity contribution in [2.45, 2.75) is 19.9 Å². The average Bonchev–Trinajstić information content (AvgIpc) is 2.77. The molecule has 0 aliphatic rings. The molecule has 0 fully saturated rings. The molecule has 0 aliphatic heterocycles. The number of hydrogen-bond acceptors (Lipinski definition) is 6. The zero-order valence-electron chi connectivity index (χ0n) is 18.6. The number of nitrogens with one attached hydrogen (secondary N) is 2. The first-order valence-corrected chi connectivity index (χ1v) is 10.3. The monoisotopic (exact) mass is 447 g/mol. The fourth-order valence-electron chi connectivity index (χ4n) is 3.38. The van der Waals surface area contributed by atoms with E-state index >= 15 is 0 Å². The smallest absolute Gasteiger partial charge is 0.293 e. The molecule has 9 heteroatoms. The molecule has 0 spiro atoms. The Bertz CT molecular complexity index is 1150. The van der Waals surface area contributed by atoms with Crippen LogP contribution in [0.3, 0.4) is 0 Å². The molecule has 2 aromatic carbocycles. The molecule has 0 saturated carbocycles. The van der Waals surface area contributed by atoms with Gasteiger partial charge in [-0.3, -0.25) is 24.6 Å². The van der Waals surface area contributed by atoms with Gasteiger partial charge in [0.15, 0.2) is 0 Å². The van der Waals surface area contributed by atoms with Crippen LogP contribution in [0.25, 0.3) is 0 Å². The minimum absolute atomic E-state index is 0.0956. The molecule has 2 amide bonds. The zero-order valence-corrected chi connectivity index (χ0v) is 18.6. The van der Waals surface area contributed by atoms with E-state index in [1.165, 1.54) is 12.1 Å². The van der Waals surface area contributed by atoms with Crippen LogP contribution in [0.1, 0.15) is 22.7 Å². The van der Waals surface area contributed by atoms with Gasteiger partial charge in [-0.25, -0.2) is 4.98 Å². The van der Waals surface area contributed by atoms with Gasteiger partial charge in [-0.05, 0) is 49.7 Å². The highest BCUT2D eigenvalue weighted by Gasteiger charge is 2.28. The third-order valence-corrected chi connectivity index (χ3v) is 4.98. The standard InChI is InChI=1S/C24H25N5O4/c1-16-9-11-19(20(13-16)29(32)33)26-24(31)23(18-7-5-4-6-8-18)28(3)15-22(30)27-21-12-10-17(2)14-25-21/h4-14,23H,15H2,1-3H3,(H,26,31)(H,25,27,30). The van der Waals surface area contributed by atoms with E-state index in [0.717, 1.165) is 5.56 Å². The third-order valence-electron chi connectivity index (χ3n) is 4.98. The molecule has 9 nitrogen and oxygen atoms in total. The van der Waals surface area contributed by atoms with Gasteiger partial charge in [0.2, 0.25) is 11.8 Å². The number of nitro groups is 1. The Morgan fingerprint density at radius 1 is 1.03 bits per heavy atom. The van der Waals surface area contributed by atoms with Crippen LogP contribution in [0, 0.1) is 24.0 Å². The van der Waals surface area contributed by atoms with Crippen molar-refractivity contribution in [1.29, 1.82) is 0 Å². The molecule has 1 atom stereocenters. The van der Waals surface area contributed by atoms with Gasteiger partial charge in [0, 0.05) is 12.3 Å². The number of pyridine rings is 1. The number of nitrogens with zero attached hydrogens (tertiary/aromatic N) is 3. The Balaban J connectivity index is 1.81. The van der Waals surface area contributed by atoms with E-state index in [-0.39, 0.29) is 23.8 Å². The number of carbonyl (C=O) groups excluding carboxylic acids is 2. The van der Waals surface area contributed by atoms with Gasteiger partial charge in [-0.15, -0.1) is 0 Å². The lowest BCUT2D eigenvalue weighted by Crippen LogP contribution is -2.39. The van der Waals surface area contributed by atoms with Crippen molar-refractivity contribution in [2.24, 2.45) is 0 Å². The van der Waals surface area contributed by atoms with E-state index in [1.54, 1.807) is 61.5 Å². The summed E-state index contributed by atoms with van der Waals surface area (Å²) in [6.45, 7) is 3.53. The van der Waals surface area contributed by atoms with Gasteiger partial charge in [0.05, 0.1) is 11.5 Å². The van der Waals surface area contributed by atoms with Crippen LogP contribution in [-0.4, -0.2) is 40.2 Å². The first-order chi connectivity index (χ1) is 15.7. The van der Waals surface area contributed by atoms with Crippen LogP contribution in [0.4, 0.5) is 17.2 Å². The summed E-state index contributed by atoms with van der Waals surface area (Å²) in [5.74, 6) is -0.421. The number of likely N-dealkylation sites (N-methyl/N-ethyl adjacent to an activating group) is 1. The van der Waals surface area contributed by atoms with E-state index < -0.39 is 16.9 Å². The quantitative estimate of drug-likeness (QED) is 0.400. The maximum atomic E-state index is 13.3. The molecule has 1 heterocycles. The summed E-state index contributed by atoms with van der Waals surface area (Å²) < 4.78 is 0. The maximum absolute atomic E-state index is 13.3. The molecule has 1 aromatic heterocycles. The number of anilines is 2. The first kappa shape index (κ1) is 23.6. The van der Waals surface area contributed by atoms with E-state index in [2.05, 4.69) is 15.6 Å². The van der Waals surface area contributed by atoms with Crippen LogP contribution in [0.15, 0.2) is 66.9 Å². The van der Waals surface area contributed by atoms with Gasteiger partial charge >= 0.3 is 0 Å². The summed E-state index contributed by atoms with van der Waals surface area (Å²) in [6, 6.07) is 16.2. The first-order valence-electron chi connectivity index (χ1n) is 10.3. The van der Waals surface area contributed by atoms with Crippen LogP contribution in [-0.2, 0) is 9.59 Å². The van der Waals surface area contributed by atoms with E-state index in [4.69, 9.17) is 0 Å². The Morgan fingerprint density at radius 2 is 1.73 bits per heavy atom. The Labute approximate surface area is 191 Å². The Hall–Kier alpha value is -4.11. The van der Waals surface area contributed by atoms with Gasteiger partial charge < -0.3 is 10.6 Å². The van der Waals surface area contributed by atoms with Crippen LogP contribution in [0.2, 0.25) is 0 Å². The fourth-order valence-corrected chi connectivity index (χ4v) is 3.38. The van der Waals surface area contributed by atoms with Crippen LogP contribution in [0.5, 0.6) is 0 Å². The molecule has 0 saturated heterocycles. The van der Waals surface area contributed by atoms with Gasteiger partial charge in [-0.2, -0.15) is 0 Å². The summed E-state index contributed by atoms with van der Waals surface area (Å²) in [6.07, 6.45) is 1.65. The van der Waals surface area contributed by atoms with Crippen LogP contribution < -0.4 is 10.6 Å². The van der Waals surface area contributed by atoms with E-state index in [9.17, 15) is 19.7 Å². The molecule has 2 N–H and O–H groups in total. The van der Waals surface area contributed by atoms with Crippen molar-refractivity contribution in [1.82, 2.24) is 9.88 Å². The van der Waals surface area contributed by atoms with E-state index in [1.807, 2.05) is 19.1 Å². The second kappa shape index (κ2) is 10.5. The average molecular weight is 447 g/mol. The predicted octanol–water partition coefficient (Wildman–Crippen LogP) is 3.86. The second-order valence-electron chi connectivity index (χ2n) is 7.76. The number of aromatic nitrogens is 1. The van der Waals surface area contributed by atoms with Crippen molar-refractivity contribution in [3.05, 3.63) is 93.7 Å². The lowest BCUT2D eigenvalue weighted by molar-refractivity contribution is -0.384. The summed E-state index contributed by atoms with van der Waals surface area (Å²) in [7, 11) is 1.64. The minimum Gasteiger partial charge on any atom is -0.319 e. The number of carbonyl (C=O) groups is 2. The van der Waals surface area contributed by atoms with Crippen LogP contribution >= 0.6 is 0 Å². The molecule has 0 radical (unpaired) electrons. The minimum atomic E-state index is -0.858. The summed E-state index contributed by atoms with van der Waals surface area (Å²) in [4.78, 5) is 42.5. The highest BCUT2D eigenvalue weighted by Crippen LogP contribution is 2.28. The van der Waals surface area contributed by atoms with Crippen molar-refractivity contribution >= 4 is 29.0 Å². The zero-order chi connectivity index (χ0) is 24.0. The lowest BCUT2D eigenvalue weighted by atomic mass is 10.0. The molecule has 1 unspecified atom stereocenters. The highest BCUT2D eigenvalue weighted by molar-refractivity contribution is 5.98. The van der Waals surface area contributed by atoms with Crippen molar-refractivity contribution < 1.29 is 14.5 Å². The SMILES string of the molecule is Cc1ccc(NC(=O)CN(C)C(C(=O)Nc2ccc(C)cc2[N+](=O)[O-])c2ccccc2)nc1. The highest BCUT2D eigenvalue weighted by atomic mass is 16.6. The third kappa shape index (κ3) is 6.20. The molecule has 170 valence electrons. The maximum Gasteiger partial charge on any atom is 0.293 e. The molecular weight excluding hydrogens is 422 g/mol. The van der Waals surface area contributed by atoms with Crippen molar-refractivity contribution in [3.8, 4) is 0 Å². The molecular formula is C24H25N5O4. The lowest BCUT2D eigenvalue weighted by Gasteiger charge is -2.27. The summed E-state index contributed by atoms with van der Waals surface area (Å²) >= 11 is 0. The fraction of sp³-hybridized carbons (Fsp3) is 0.208. The topological polar surface area (TPSA) is 117 Å². The number of amides is 2. The van der Waals surface area contributed by atoms with Gasteiger partial charge in [-0.1, -0.05) is 42.5 Å². The Kier molecular flexibility index (Phi) is 7.47. The molecule has 33 heavy (non-hydrogen) atoms. The number of hydrogen-bond donors (Lipinski definition) is 2. The van der Waals surface area contributed by atoms with Gasteiger partial charge in [0.25, 0.3) is 5.69 Å². The second-order valence-corrected chi connectivity index (χ2v) is 7.76. The summed E-state index contributed by atoms with van der Waals surface area (Å²) in [5, 5.41) is 16.8. The van der Waals surface area contributed by atoms with Crippen molar-refractivity contribution in [3.63, 3.8) is 0 Å². The number of benzene rings is 2. The number of rotatable bonds is 8. The molecule has 3 aromatic rings. The number of aryl methyl sites for hydroxylation is 2.